The molecule has 0 heterocycles. The summed E-state index contributed by atoms with van der Waals surface area (Å²) in [5.74, 6) is 0.186. The third-order valence-corrected chi connectivity index (χ3v) is 5.11. The molecule has 0 bridgehead atoms. The second-order valence-corrected chi connectivity index (χ2v) is 7.88. The van der Waals surface area contributed by atoms with E-state index in [0.717, 1.165) is 0 Å². The van der Waals surface area contributed by atoms with Crippen LogP contribution in [0.15, 0.2) is 77.7 Å². The maximum absolute atomic E-state index is 12.3. The molecule has 0 unspecified atom stereocenters. The lowest BCUT2D eigenvalue weighted by atomic mass is 10.1. The van der Waals surface area contributed by atoms with Crippen molar-refractivity contribution >= 4 is 33.2 Å². The van der Waals surface area contributed by atoms with Gasteiger partial charge >= 0.3 is 0 Å². The summed E-state index contributed by atoms with van der Waals surface area (Å²) < 4.78 is 29.6. The number of hydrogen-bond donors (Lipinski definition) is 2. The second-order valence-electron chi connectivity index (χ2n) is 5.94. The van der Waals surface area contributed by atoms with Crippen LogP contribution in [0.1, 0.15) is 5.56 Å². The Kier molecular flexibility index (Phi) is 5.99. The quantitative estimate of drug-likeness (QED) is 0.635. The summed E-state index contributed by atoms with van der Waals surface area (Å²) in [4.78, 5) is 12.1. The smallest absolute Gasteiger partial charge is 0.241 e. The summed E-state index contributed by atoms with van der Waals surface area (Å²) in [5, 5.41) is 8.45. The molecule has 3 aromatic carbocycles. The molecule has 0 spiro atoms. The van der Waals surface area contributed by atoms with E-state index in [-0.39, 0.29) is 28.7 Å². The molecular formula is C20H17ClN2O4S. The van der Waals surface area contributed by atoms with Gasteiger partial charge in [0, 0.05) is 10.7 Å². The van der Waals surface area contributed by atoms with Crippen LogP contribution in [0.2, 0.25) is 5.02 Å². The third-order valence-electron chi connectivity index (χ3n) is 3.81. The van der Waals surface area contributed by atoms with E-state index >= 15 is 0 Å². The molecule has 3 N–H and O–H groups in total. The van der Waals surface area contributed by atoms with Crippen LogP contribution in [0, 0.1) is 0 Å². The highest BCUT2D eigenvalue weighted by Crippen LogP contribution is 2.30. The van der Waals surface area contributed by atoms with Crippen molar-refractivity contribution < 1.29 is 17.9 Å². The summed E-state index contributed by atoms with van der Waals surface area (Å²) >= 11 is 6.06. The highest BCUT2D eigenvalue weighted by atomic mass is 35.5. The molecule has 0 fully saturated rings. The number of benzene rings is 3. The molecule has 0 aliphatic carbocycles. The van der Waals surface area contributed by atoms with Gasteiger partial charge in [0.05, 0.1) is 6.42 Å². The van der Waals surface area contributed by atoms with Crippen molar-refractivity contribution in [1.29, 1.82) is 0 Å². The highest BCUT2D eigenvalue weighted by molar-refractivity contribution is 7.89. The van der Waals surface area contributed by atoms with E-state index in [1.54, 1.807) is 48.5 Å². The number of ether oxygens (including phenoxy) is 1. The Morgan fingerprint density at radius 3 is 2.36 bits per heavy atom. The van der Waals surface area contributed by atoms with Gasteiger partial charge in [-0.2, -0.15) is 0 Å². The lowest BCUT2D eigenvalue weighted by molar-refractivity contribution is -0.115. The zero-order valence-corrected chi connectivity index (χ0v) is 16.2. The normalized spacial score (nSPS) is 11.1. The SMILES string of the molecule is NS(=O)(=O)c1cc(NC(=O)Cc2ccccc2Cl)ccc1Oc1ccccc1. The molecule has 0 radical (unpaired) electrons. The first kappa shape index (κ1) is 19.9. The van der Waals surface area contributed by atoms with Crippen molar-refractivity contribution in [3.8, 4) is 11.5 Å². The van der Waals surface area contributed by atoms with Gasteiger partial charge in [0.25, 0.3) is 0 Å². The molecule has 28 heavy (non-hydrogen) atoms. The van der Waals surface area contributed by atoms with Crippen molar-refractivity contribution in [2.75, 3.05) is 5.32 Å². The van der Waals surface area contributed by atoms with Crippen LogP contribution in [-0.2, 0) is 21.2 Å². The van der Waals surface area contributed by atoms with Gasteiger partial charge in [-0.15, -0.1) is 0 Å². The van der Waals surface area contributed by atoms with Gasteiger partial charge in [0.2, 0.25) is 15.9 Å². The van der Waals surface area contributed by atoms with E-state index in [1.807, 2.05) is 6.07 Å². The lowest BCUT2D eigenvalue weighted by Crippen LogP contribution is -2.17. The summed E-state index contributed by atoms with van der Waals surface area (Å²) in [6.07, 6.45) is 0.0483. The Balaban J connectivity index is 1.83. The fourth-order valence-electron chi connectivity index (χ4n) is 2.53. The van der Waals surface area contributed by atoms with E-state index in [9.17, 15) is 13.2 Å². The first-order chi connectivity index (χ1) is 13.3. The van der Waals surface area contributed by atoms with Gasteiger partial charge in [-0.05, 0) is 42.0 Å². The molecule has 0 aromatic heterocycles. The van der Waals surface area contributed by atoms with Gasteiger partial charge < -0.3 is 10.1 Å². The molecule has 3 rings (SSSR count). The summed E-state index contributed by atoms with van der Waals surface area (Å²) in [5.41, 5.74) is 0.943. The molecule has 0 aliphatic heterocycles. The Labute approximate surface area is 168 Å². The zero-order chi connectivity index (χ0) is 20.1. The van der Waals surface area contributed by atoms with E-state index in [1.165, 1.54) is 18.2 Å². The third kappa shape index (κ3) is 5.10. The van der Waals surface area contributed by atoms with Gasteiger partial charge in [0.15, 0.2) is 0 Å². The van der Waals surface area contributed by atoms with Gasteiger partial charge in [-0.3, -0.25) is 4.79 Å². The minimum atomic E-state index is -4.07. The number of nitrogens with one attached hydrogen (secondary N) is 1. The van der Waals surface area contributed by atoms with Crippen molar-refractivity contribution in [2.24, 2.45) is 5.14 Å². The molecule has 0 aliphatic rings. The van der Waals surface area contributed by atoms with Crippen LogP contribution in [0.3, 0.4) is 0 Å². The number of carbonyl (C=O) groups is 1. The van der Waals surface area contributed by atoms with Crippen molar-refractivity contribution in [1.82, 2.24) is 0 Å². The molecule has 0 saturated carbocycles. The molecule has 1 amide bonds. The van der Waals surface area contributed by atoms with Gasteiger partial charge in [-0.25, -0.2) is 13.6 Å². The molecule has 144 valence electrons. The van der Waals surface area contributed by atoms with E-state index in [4.69, 9.17) is 21.5 Å². The highest BCUT2D eigenvalue weighted by Gasteiger charge is 2.18. The largest absolute Gasteiger partial charge is 0.456 e. The minimum Gasteiger partial charge on any atom is -0.456 e. The number of primary sulfonamides is 1. The van der Waals surface area contributed by atoms with Crippen LogP contribution in [0.5, 0.6) is 11.5 Å². The molecule has 6 nitrogen and oxygen atoms in total. The summed E-state index contributed by atoms with van der Waals surface area (Å²) in [6.45, 7) is 0. The number of nitrogens with two attached hydrogens (primary N) is 1. The predicted molar refractivity (Wildman–Crippen MR) is 108 cm³/mol. The lowest BCUT2D eigenvalue weighted by Gasteiger charge is -2.12. The fourth-order valence-corrected chi connectivity index (χ4v) is 3.41. The van der Waals surface area contributed by atoms with Crippen molar-refractivity contribution in [3.63, 3.8) is 0 Å². The molecule has 0 saturated heterocycles. The second kappa shape index (κ2) is 8.43. The molecule has 0 atom stereocenters. The number of halogens is 1. The predicted octanol–water partition coefficient (Wildman–Crippen LogP) is 3.96. The van der Waals surface area contributed by atoms with Gasteiger partial charge in [-0.1, -0.05) is 48.0 Å². The molecule has 3 aromatic rings. The Bertz CT molecular complexity index is 1100. The summed E-state index contributed by atoms with van der Waals surface area (Å²) in [7, 11) is -4.07. The summed E-state index contributed by atoms with van der Waals surface area (Å²) in [6, 6.07) is 19.9. The van der Waals surface area contributed by atoms with Crippen LogP contribution < -0.4 is 15.2 Å². The number of sulfonamides is 1. The maximum atomic E-state index is 12.3. The number of hydrogen-bond acceptors (Lipinski definition) is 4. The maximum Gasteiger partial charge on any atom is 0.241 e. The van der Waals surface area contributed by atoms with Crippen molar-refractivity contribution in [3.05, 3.63) is 83.4 Å². The van der Waals surface area contributed by atoms with E-state index in [2.05, 4.69) is 5.32 Å². The zero-order valence-electron chi connectivity index (χ0n) is 14.6. The van der Waals surface area contributed by atoms with Crippen LogP contribution in [-0.4, -0.2) is 14.3 Å². The van der Waals surface area contributed by atoms with Crippen LogP contribution in [0.25, 0.3) is 0 Å². The average molecular weight is 417 g/mol. The average Bonchev–Trinajstić information content (AvgIpc) is 2.65. The fraction of sp³-hybridized carbons (Fsp3) is 0.0500. The van der Waals surface area contributed by atoms with Crippen LogP contribution in [0.4, 0.5) is 5.69 Å². The Morgan fingerprint density at radius 1 is 1.00 bits per heavy atom. The first-order valence-corrected chi connectivity index (χ1v) is 10.2. The molecule has 8 heteroatoms. The Hall–Kier alpha value is -2.87. The standard InChI is InChI=1S/C20H17ClN2O4S/c21-17-9-5-4-6-14(17)12-20(24)23-15-10-11-18(19(13-15)28(22,25)26)27-16-7-2-1-3-8-16/h1-11,13H,12H2,(H,23,24)(H2,22,25,26). The van der Waals surface area contributed by atoms with E-state index < -0.39 is 10.0 Å². The van der Waals surface area contributed by atoms with Crippen molar-refractivity contribution in [2.45, 2.75) is 11.3 Å². The number of amides is 1. The topological polar surface area (TPSA) is 98.5 Å². The first-order valence-electron chi connectivity index (χ1n) is 8.26. The Morgan fingerprint density at radius 2 is 1.68 bits per heavy atom. The van der Waals surface area contributed by atoms with Crippen LogP contribution >= 0.6 is 11.6 Å². The monoisotopic (exact) mass is 416 g/mol. The van der Waals surface area contributed by atoms with Gasteiger partial charge in [0.1, 0.15) is 16.4 Å². The molecular weight excluding hydrogens is 400 g/mol. The van der Waals surface area contributed by atoms with E-state index in [0.29, 0.717) is 16.3 Å². The minimum absolute atomic E-state index is 0.0483. The number of rotatable bonds is 6. The number of anilines is 1. The number of para-hydroxylation sites is 1. The number of carbonyl (C=O) groups excluding carboxylic acids is 1.